The molecule has 0 amide bonds. The van der Waals surface area contributed by atoms with Crippen LogP contribution in [-0.2, 0) is 21.5 Å². The van der Waals surface area contributed by atoms with Crippen molar-refractivity contribution in [1.29, 1.82) is 0 Å². The van der Waals surface area contributed by atoms with Crippen molar-refractivity contribution < 1.29 is 40.8 Å². The lowest BCUT2D eigenvalue weighted by molar-refractivity contribution is -0.830. The molecule has 0 saturated carbocycles. The smallest absolute Gasteiger partial charge is 0.313 e. The predicted octanol–water partition coefficient (Wildman–Crippen LogP) is 2.76. The van der Waals surface area contributed by atoms with Gasteiger partial charge in [-0.1, -0.05) is 37.4 Å². The Hall–Kier alpha value is -5.38. The molecule has 51 heavy (non-hydrogen) atoms. The number of benzene rings is 2. The van der Waals surface area contributed by atoms with Gasteiger partial charge in [0.15, 0.2) is 23.0 Å². The van der Waals surface area contributed by atoms with Crippen LogP contribution < -0.4 is 11.0 Å². The van der Waals surface area contributed by atoms with E-state index >= 15 is 0 Å². The van der Waals surface area contributed by atoms with Gasteiger partial charge in [-0.3, -0.25) is 29.6 Å². The number of quaternary nitrogens is 2. The first-order chi connectivity index (χ1) is 24.6. The number of carbonyl (C=O) groups is 2. The van der Waals surface area contributed by atoms with E-state index in [1.165, 1.54) is 0 Å². The third-order valence-corrected chi connectivity index (χ3v) is 8.24. The molecular formula is C31H38N12O6S2+2. The number of H-pyrrole nitrogens is 3. The van der Waals surface area contributed by atoms with E-state index in [1.807, 2.05) is 64.3 Å². The van der Waals surface area contributed by atoms with E-state index in [-0.39, 0.29) is 11.5 Å². The zero-order valence-electron chi connectivity index (χ0n) is 28.3. The summed E-state index contributed by atoms with van der Waals surface area (Å²) in [4.78, 5) is 35.1. The number of hydrogen-bond acceptors (Lipinski definition) is 12. The van der Waals surface area contributed by atoms with Crippen molar-refractivity contribution in [1.82, 2.24) is 50.3 Å². The van der Waals surface area contributed by atoms with Gasteiger partial charge < -0.3 is 10.2 Å². The molecule has 10 N–H and O–H groups in total. The van der Waals surface area contributed by atoms with E-state index in [9.17, 15) is 14.8 Å². The van der Waals surface area contributed by atoms with Crippen LogP contribution >= 0.6 is 23.5 Å². The molecule has 0 spiro atoms. The SMILES string of the molecule is CC.CO[NH2+]c1cc(-c2nc(SCC(=O)O)n[nH]2)cc(-c2cn(C)nc2C)c1.O=C(O)CSc1n[nH]c(-c2cc([NH2+]O)cc(-c3ccn[nH]3)c2)n1. The van der Waals surface area contributed by atoms with Gasteiger partial charge in [0.05, 0.1) is 30.0 Å². The standard InChI is InChI=1S/C16H18N6O3S.C13H12N6O3S.C2H6/c1-9-13(7-22(2)20-9)10-4-11(6-12(5-10)21-25-3)15-17-16(19-18-15)26-8-14(23)24;20-11(21)6-23-13-15-12(17-18-13)8-3-7(4-9(5-8)19-22)10-1-2-14-16-10;1-2/h4-7,21H,8H2,1-3H3,(H,23,24)(H,17,18,19);1-5,19,22H,6H2,(H,14,16)(H,20,21)(H,15,17,18);1-2H3/p+2. The van der Waals surface area contributed by atoms with Crippen molar-refractivity contribution in [2.24, 2.45) is 7.05 Å². The molecule has 0 bridgehead atoms. The van der Waals surface area contributed by atoms with Crippen LogP contribution in [0, 0.1) is 6.92 Å². The summed E-state index contributed by atoms with van der Waals surface area (Å²) in [6.07, 6.45) is 3.60. The van der Waals surface area contributed by atoms with Crippen LogP contribution in [0.4, 0.5) is 11.4 Å². The molecule has 18 nitrogen and oxygen atoms in total. The normalized spacial score (nSPS) is 10.6. The Morgan fingerprint density at radius 2 is 1.39 bits per heavy atom. The van der Waals surface area contributed by atoms with Gasteiger partial charge in [-0.25, -0.2) is 20.0 Å². The molecule has 0 saturated heterocycles. The summed E-state index contributed by atoms with van der Waals surface area (Å²) >= 11 is 2.10. The summed E-state index contributed by atoms with van der Waals surface area (Å²) in [5.41, 5.74) is 10.2. The molecular weight excluding hydrogens is 701 g/mol. The summed E-state index contributed by atoms with van der Waals surface area (Å²) < 4.78 is 1.77. The van der Waals surface area contributed by atoms with Crippen LogP contribution in [0.1, 0.15) is 19.5 Å². The number of aryl methyl sites for hydroxylation is 2. The fourth-order valence-electron chi connectivity index (χ4n) is 4.60. The Balaban J connectivity index is 0.000000220. The molecule has 20 heteroatoms. The molecule has 0 aliphatic heterocycles. The molecule has 0 fully saturated rings. The van der Waals surface area contributed by atoms with Gasteiger partial charge >= 0.3 is 11.9 Å². The first-order valence-corrected chi connectivity index (χ1v) is 17.3. The minimum absolute atomic E-state index is 0.0884. The maximum atomic E-state index is 10.7. The van der Waals surface area contributed by atoms with E-state index in [4.69, 9.17) is 15.1 Å². The van der Waals surface area contributed by atoms with Crippen molar-refractivity contribution in [2.45, 2.75) is 31.1 Å². The fraction of sp³-hybridized carbons (Fsp3) is 0.226. The lowest BCUT2D eigenvalue weighted by Gasteiger charge is -2.05. The quantitative estimate of drug-likeness (QED) is 0.0481. The highest BCUT2D eigenvalue weighted by atomic mass is 32.2. The lowest BCUT2D eigenvalue weighted by Crippen LogP contribution is -2.75. The van der Waals surface area contributed by atoms with Crippen LogP contribution in [0.15, 0.2) is 65.2 Å². The van der Waals surface area contributed by atoms with Crippen molar-refractivity contribution in [2.75, 3.05) is 18.6 Å². The van der Waals surface area contributed by atoms with Crippen LogP contribution in [-0.4, -0.2) is 96.3 Å². The zero-order chi connectivity index (χ0) is 36.9. The minimum Gasteiger partial charge on any atom is -0.481 e. The number of hydrogen-bond donors (Lipinski definition) is 8. The largest absolute Gasteiger partial charge is 0.481 e. The topological polar surface area (TPSA) is 267 Å². The summed E-state index contributed by atoms with van der Waals surface area (Å²) in [6.45, 7) is 5.96. The maximum Gasteiger partial charge on any atom is 0.313 e. The molecule has 2 aromatic carbocycles. The van der Waals surface area contributed by atoms with Gasteiger partial charge in [0, 0.05) is 66.0 Å². The molecule has 0 aliphatic rings. The average Bonchev–Trinajstić information content (AvgIpc) is 3.96. The Morgan fingerprint density at radius 1 is 0.843 bits per heavy atom. The summed E-state index contributed by atoms with van der Waals surface area (Å²) in [6, 6.07) is 13.1. The molecule has 0 atom stereocenters. The second-order valence-corrected chi connectivity index (χ2v) is 12.1. The van der Waals surface area contributed by atoms with Crippen molar-refractivity contribution in [3.05, 3.63) is 60.6 Å². The van der Waals surface area contributed by atoms with Crippen LogP contribution in [0.2, 0.25) is 0 Å². The van der Waals surface area contributed by atoms with Gasteiger partial charge in [0.25, 0.3) is 0 Å². The van der Waals surface area contributed by atoms with Crippen molar-refractivity contribution in [3.63, 3.8) is 0 Å². The number of rotatable bonds is 13. The first kappa shape index (κ1) is 38.4. The van der Waals surface area contributed by atoms with Crippen LogP contribution in [0.5, 0.6) is 0 Å². The van der Waals surface area contributed by atoms with Gasteiger partial charge in [0.1, 0.15) is 0 Å². The highest BCUT2D eigenvalue weighted by Crippen LogP contribution is 2.30. The summed E-state index contributed by atoms with van der Waals surface area (Å²) in [5, 5.41) is 52.4. The first-order valence-electron chi connectivity index (χ1n) is 15.3. The van der Waals surface area contributed by atoms with E-state index < -0.39 is 11.9 Å². The Labute approximate surface area is 299 Å². The Morgan fingerprint density at radius 3 is 1.88 bits per heavy atom. The molecule has 0 aliphatic carbocycles. The number of nitrogens with two attached hydrogens (primary N) is 2. The van der Waals surface area contributed by atoms with Gasteiger partial charge in [0.2, 0.25) is 10.3 Å². The third-order valence-electron chi connectivity index (χ3n) is 6.58. The van der Waals surface area contributed by atoms with Gasteiger partial charge in [-0.2, -0.15) is 21.2 Å². The molecule has 6 aromatic rings. The number of carboxylic acid groups (broad SMARTS) is 2. The van der Waals surface area contributed by atoms with Crippen molar-refractivity contribution in [3.8, 4) is 45.2 Å². The molecule has 0 radical (unpaired) electrons. The summed E-state index contributed by atoms with van der Waals surface area (Å²) in [5.74, 6) is -0.989. The zero-order valence-corrected chi connectivity index (χ0v) is 29.9. The molecule has 4 aromatic heterocycles. The fourth-order valence-corrected chi connectivity index (χ4v) is 5.64. The van der Waals surface area contributed by atoms with E-state index in [0.717, 1.165) is 68.3 Å². The minimum atomic E-state index is -0.931. The highest BCUT2D eigenvalue weighted by molar-refractivity contribution is 8.00. The second kappa shape index (κ2) is 18.6. The Bertz CT molecular complexity index is 2040. The number of nitrogens with one attached hydrogen (secondary N) is 3. The molecule has 6 rings (SSSR count). The van der Waals surface area contributed by atoms with Crippen LogP contribution in [0.25, 0.3) is 45.2 Å². The van der Waals surface area contributed by atoms with E-state index in [0.29, 0.717) is 33.2 Å². The lowest BCUT2D eigenvalue weighted by atomic mass is 10.0. The molecule has 4 heterocycles. The van der Waals surface area contributed by atoms with Crippen LogP contribution in [0.3, 0.4) is 0 Å². The van der Waals surface area contributed by atoms with E-state index in [2.05, 4.69) is 45.7 Å². The Kier molecular flexibility index (Phi) is 14.0. The average molecular weight is 739 g/mol. The number of nitrogens with zero attached hydrogens (tertiary/aromatic N) is 7. The number of thioether (sulfide) groups is 2. The van der Waals surface area contributed by atoms with Gasteiger partial charge in [-0.15, -0.1) is 10.2 Å². The van der Waals surface area contributed by atoms with Crippen molar-refractivity contribution >= 4 is 46.8 Å². The monoisotopic (exact) mass is 738 g/mol. The van der Waals surface area contributed by atoms with E-state index in [1.54, 1.807) is 35.6 Å². The van der Waals surface area contributed by atoms with Gasteiger partial charge in [-0.05, 0) is 30.7 Å². The predicted molar refractivity (Wildman–Crippen MR) is 188 cm³/mol. The maximum absolute atomic E-state index is 10.7. The highest BCUT2D eigenvalue weighted by Gasteiger charge is 2.16. The number of aromatic nitrogens is 10. The summed E-state index contributed by atoms with van der Waals surface area (Å²) in [7, 11) is 3.47. The number of aromatic amines is 3. The number of aliphatic carboxylic acids is 2. The molecule has 0 unspecified atom stereocenters. The number of carboxylic acids is 2. The molecule has 268 valence electrons. The third kappa shape index (κ3) is 10.8. The second-order valence-electron chi connectivity index (χ2n) is 10.2.